The van der Waals surface area contributed by atoms with Gasteiger partial charge >= 0.3 is 0 Å². The molecule has 5 aromatic rings. The van der Waals surface area contributed by atoms with Crippen LogP contribution in [0.4, 0.5) is 0 Å². The van der Waals surface area contributed by atoms with Crippen LogP contribution in [-0.4, -0.2) is 14.1 Å². The molecular weight excluding hydrogens is 465 g/mol. The van der Waals surface area contributed by atoms with E-state index in [1.165, 1.54) is 11.1 Å². The van der Waals surface area contributed by atoms with Gasteiger partial charge in [0.1, 0.15) is 5.82 Å². The second-order valence-electron chi connectivity index (χ2n) is 8.70. The van der Waals surface area contributed by atoms with E-state index in [1.54, 1.807) is 6.07 Å². The molecule has 0 fully saturated rings. The van der Waals surface area contributed by atoms with Crippen LogP contribution >= 0.6 is 23.2 Å². The summed E-state index contributed by atoms with van der Waals surface area (Å²) in [5.41, 5.74) is 6.36. The minimum atomic E-state index is 0.0378. The van der Waals surface area contributed by atoms with E-state index >= 15 is 0 Å². The molecule has 0 atom stereocenters. The highest BCUT2D eigenvalue weighted by Crippen LogP contribution is 2.34. The fourth-order valence-electron chi connectivity index (χ4n) is 4.99. The van der Waals surface area contributed by atoms with Gasteiger partial charge in [-0.3, -0.25) is 4.79 Å². The lowest BCUT2D eigenvalue weighted by Gasteiger charge is -2.22. The summed E-state index contributed by atoms with van der Waals surface area (Å²) in [6.45, 7) is 1.43. The number of imidazole rings is 1. The van der Waals surface area contributed by atoms with Crippen molar-refractivity contribution in [2.24, 2.45) is 0 Å². The largest absolute Gasteiger partial charge is 0.327 e. The fraction of sp³-hybridized carbons (Fsp3) is 0.143. The quantitative estimate of drug-likeness (QED) is 0.279. The van der Waals surface area contributed by atoms with Crippen molar-refractivity contribution < 1.29 is 0 Å². The van der Waals surface area contributed by atoms with Crippen molar-refractivity contribution in [3.8, 4) is 22.5 Å². The Balaban J connectivity index is 1.51. The number of benzene rings is 3. The molecule has 4 nitrogen and oxygen atoms in total. The number of nitrogens with zero attached hydrogens (tertiary/aromatic N) is 3. The first-order valence-corrected chi connectivity index (χ1v) is 12.0. The zero-order valence-electron chi connectivity index (χ0n) is 18.3. The van der Waals surface area contributed by atoms with Crippen LogP contribution in [0.5, 0.6) is 0 Å². The second-order valence-corrected chi connectivity index (χ2v) is 9.57. The Labute approximate surface area is 207 Å². The van der Waals surface area contributed by atoms with Gasteiger partial charge in [0.2, 0.25) is 0 Å². The number of hydrogen-bond acceptors (Lipinski definition) is 2. The molecule has 3 aromatic carbocycles. The Hall–Kier alpha value is -3.34. The van der Waals surface area contributed by atoms with Crippen LogP contribution < -0.4 is 5.56 Å². The third-order valence-electron chi connectivity index (χ3n) is 6.48. The molecule has 0 unspecified atom stereocenters. The van der Waals surface area contributed by atoms with Gasteiger partial charge in [0.15, 0.2) is 0 Å². The molecule has 2 aromatic heterocycles. The summed E-state index contributed by atoms with van der Waals surface area (Å²) in [4.78, 5) is 17.6. The van der Waals surface area contributed by atoms with E-state index in [4.69, 9.17) is 23.2 Å². The van der Waals surface area contributed by atoms with E-state index in [-0.39, 0.29) is 5.56 Å². The fourth-order valence-corrected chi connectivity index (χ4v) is 5.31. The highest BCUT2D eigenvalue weighted by atomic mass is 35.5. The molecule has 1 aliphatic rings. The monoisotopic (exact) mass is 485 g/mol. The zero-order chi connectivity index (χ0) is 23.2. The number of rotatable bonds is 4. The van der Waals surface area contributed by atoms with Gasteiger partial charge in [-0.25, -0.2) is 4.98 Å². The number of aromatic nitrogens is 3. The molecule has 6 rings (SSSR count). The molecule has 0 saturated heterocycles. The van der Waals surface area contributed by atoms with E-state index in [2.05, 4.69) is 21.7 Å². The number of pyridine rings is 1. The zero-order valence-corrected chi connectivity index (χ0v) is 19.9. The van der Waals surface area contributed by atoms with Gasteiger partial charge < -0.3 is 9.13 Å². The van der Waals surface area contributed by atoms with E-state index in [0.29, 0.717) is 16.6 Å². The van der Waals surface area contributed by atoms with E-state index in [1.807, 2.05) is 65.5 Å². The minimum Gasteiger partial charge on any atom is -0.327 e. The third kappa shape index (κ3) is 3.73. The highest BCUT2D eigenvalue weighted by Gasteiger charge is 2.19. The molecular formula is C28H21Cl2N3O. The Morgan fingerprint density at radius 2 is 1.76 bits per heavy atom. The van der Waals surface area contributed by atoms with E-state index in [0.717, 1.165) is 52.8 Å². The van der Waals surface area contributed by atoms with Crippen molar-refractivity contribution in [3.05, 3.63) is 111 Å². The lowest BCUT2D eigenvalue weighted by molar-refractivity contribution is 0.615. The van der Waals surface area contributed by atoms with Crippen LogP contribution in [0.3, 0.4) is 0 Å². The van der Waals surface area contributed by atoms with Crippen molar-refractivity contribution in [1.82, 2.24) is 14.1 Å². The molecule has 0 spiro atoms. The topological polar surface area (TPSA) is 39.8 Å². The maximum absolute atomic E-state index is 13.0. The summed E-state index contributed by atoms with van der Waals surface area (Å²) in [5, 5.41) is 2.45. The lowest BCUT2D eigenvalue weighted by atomic mass is 9.93. The van der Waals surface area contributed by atoms with Crippen molar-refractivity contribution in [2.75, 3.05) is 0 Å². The van der Waals surface area contributed by atoms with E-state index < -0.39 is 0 Å². The van der Waals surface area contributed by atoms with Crippen LogP contribution in [0, 0.1) is 0 Å². The van der Waals surface area contributed by atoms with Crippen LogP contribution in [0.1, 0.15) is 17.5 Å². The van der Waals surface area contributed by atoms with Crippen molar-refractivity contribution >= 4 is 34.1 Å². The summed E-state index contributed by atoms with van der Waals surface area (Å²) in [5.74, 6) is 0.894. The summed E-state index contributed by atoms with van der Waals surface area (Å²) < 4.78 is 4.07. The molecule has 0 bridgehead atoms. The van der Waals surface area contributed by atoms with Crippen molar-refractivity contribution in [1.29, 1.82) is 0 Å². The SMILES string of the molecule is O=c1cc(-c2cccc(Cl)c2)c2cc(Cn3ccnc3-c3ccc(Cl)cc3)cc3c2n1CCC3. The van der Waals surface area contributed by atoms with Gasteiger partial charge in [-0.05, 0) is 77.6 Å². The lowest BCUT2D eigenvalue weighted by Crippen LogP contribution is -2.24. The minimum absolute atomic E-state index is 0.0378. The van der Waals surface area contributed by atoms with Crippen molar-refractivity contribution in [3.63, 3.8) is 0 Å². The Kier molecular flexibility index (Phi) is 5.28. The Morgan fingerprint density at radius 3 is 2.59 bits per heavy atom. The molecule has 0 amide bonds. The molecule has 0 N–H and O–H groups in total. The Bertz CT molecular complexity index is 1600. The van der Waals surface area contributed by atoms with Gasteiger partial charge in [0.05, 0.1) is 5.52 Å². The average Bonchev–Trinajstić information content (AvgIpc) is 3.29. The first-order chi connectivity index (χ1) is 16.6. The van der Waals surface area contributed by atoms with Gasteiger partial charge in [-0.2, -0.15) is 0 Å². The van der Waals surface area contributed by atoms with Crippen LogP contribution in [0.2, 0.25) is 10.0 Å². The van der Waals surface area contributed by atoms with E-state index in [9.17, 15) is 4.79 Å². The molecule has 0 aliphatic carbocycles. The van der Waals surface area contributed by atoms with Gasteiger partial charge in [0, 0.05) is 52.5 Å². The second kappa shape index (κ2) is 8.46. The molecule has 6 heteroatoms. The predicted octanol–water partition coefficient (Wildman–Crippen LogP) is 6.83. The molecule has 1 aliphatic heterocycles. The third-order valence-corrected chi connectivity index (χ3v) is 6.96. The predicted molar refractivity (Wildman–Crippen MR) is 139 cm³/mol. The van der Waals surface area contributed by atoms with Gasteiger partial charge in [-0.15, -0.1) is 0 Å². The number of hydrogen-bond donors (Lipinski definition) is 0. The maximum Gasteiger partial charge on any atom is 0.251 e. The summed E-state index contributed by atoms with van der Waals surface area (Å²) in [6.07, 6.45) is 5.74. The van der Waals surface area contributed by atoms with Crippen LogP contribution in [-0.2, 0) is 19.5 Å². The van der Waals surface area contributed by atoms with Crippen LogP contribution in [0.25, 0.3) is 33.4 Å². The highest BCUT2D eigenvalue weighted by molar-refractivity contribution is 6.31. The summed E-state index contributed by atoms with van der Waals surface area (Å²) >= 11 is 12.4. The van der Waals surface area contributed by atoms with Crippen molar-refractivity contribution in [2.45, 2.75) is 25.9 Å². The Morgan fingerprint density at radius 1 is 0.912 bits per heavy atom. The number of aryl methyl sites for hydroxylation is 2. The first-order valence-electron chi connectivity index (χ1n) is 11.3. The molecule has 0 saturated carbocycles. The van der Waals surface area contributed by atoms with Crippen LogP contribution in [0.15, 0.2) is 83.9 Å². The average molecular weight is 486 g/mol. The standard InChI is InChI=1S/C28H21Cl2N3O/c29-22-8-6-19(7-9-22)28-31-10-12-32(28)17-18-13-21-4-2-11-33-26(34)16-24(25(14-18)27(21)33)20-3-1-5-23(30)15-20/h1,3,5-10,12-16H,2,4,11,17H2. The van der Waals surface area contributed by atoms with Gasteiger partial charge in [0.25, 0.3) is 5.56 Å². The summed E-state index contributed by atoms with van der Waals surface area (Å²) in [6, 6.07) is 21.7. The molecule has 3 heterocycles. The molecule has 34 heavy (non-hydrogen) atoms. The normalized spacial score (nSPS) is 12.9. The van der Waals surface area contributed by atoms with Gasteiger partial charge in [-0.1, -0.05) is 41.4 Å². The maximum atomic E-state index is 13.0. The molecule has 168 valence electrons. The summed E-state index contributed by atoms with van der Waals surface area (Å²) in [7, 11) is 0. The number of halogens is 2. The molecule has 0 radical (unpaired) electrons. The smallest absolute Gasteiger partial charge is 0.251 e. The first kappa shape index (κ1) is 21.2.